The highest BCUT2D eigenvalue weighted by atomic mass is 32.2. The van der Waals surface area contributed by atoms with Gasteiger partial charge in [-0.1, -0.05) is 0 Å². The molecule has 0 aliphatic carbocycles. The second kappa shape index (κ2) is 5.54. The summed E-state index contributed by atoms with van der Waals surface area (Å²) in [7, 11) is -2.99. The summed E-state index contributed by atoms with van der Waals surface area (Å²) in [6.07, 6.45) is 2.27. The van der Waals surface area contributed by atoms with Gasteiger partial charge >= 0.3 is 0 Å². The Kier molecular flexibility index (Phi) is 4.24. The lowest BCUT2D eigenvalue weighted by Gasteiger charge is -2.24. The topological polar surface area (TPSA) is 98.5 Å². The van der Waals surface area contributed by atoms with E-state index in [0.29, 0.717) is 19.4 Å². The van der Waals surface area contributed by atoms with Crippen molar-refractivity contribution in [2.45, 2.75) is 43.9 Å². The van der Waals surface area contributed by atoms with Gasteiger partial charge in [-0.15, -0.1) is 0 Å². The van der Waals surface area contributed by atoms with E-state index in [0.717, 1.165) is 12.8 Å². The second-order valence-corrected chi connectivity index (χ2v) is 7.25. The van der Waals surface area contributed by atoms with Gasteiger partial charge in [0.25, 0.3) is 0 Å². The van der Waals surface area contributed by atoms with Crippen LogP contribution in [0.25, 0.3) is 0 Å². The van der Waals surface area contributed by atoms with Gasteiger partial charge in [0.05, 0.1) is 17.6 Å². The van der Waals surface area contributed by atoms with Crippen LogP contribution in [0.5, 0.6) is 0 Å². The zero-order valence-electron chi connectivity index (χ0n) is 10.3. The monoisotopic (exact) mass is 276 g/mol. The maximum atomic E-state index is 11.9. The molecule has 104 valence electrons. The average Bonchev–Trinajstić information content (AvgIpc) is 2.76. The van der Waals surface area contributed by atoms with Crippen molar-refractivity contribution in [2.24, 2.45) is 5.73 Å². The number of rotatable bonds is 3. The summed E-state index contributed by atoms with van der Waals surface area (Å²) in [5.41, 5.74) is 5.48. The molecule has 7 heteroatoms. The third kappa shape index (κ3) is 3.43. The molecule has 3 atom stereocenters. The van der Waals surface area contributed by atoms with Gasteiger partial charge in [0.15, 0.2) is 9.84 Å². The summed E-state index contributed by atoms with van der Waals surface area (Å²) in [6.45, 7) is 0.418. The molecular weight excluding hydrogens is 256 g/mol. The number of sulfone groups is 1. The van der Waals surface area contributed by atoms with Gasteiger partial charge in [0, 0.05) is 12.6 Å². The fourth-order valence-electron chi connectivity index (χ4n) is 2.50. The molecule has 6 nitrogen and oxygen atoms in total. The first-order valence-corrected chi connectivity index (χ1v) is 8.18. The van der Waals surface area contributed by atoms with Crippen LogP contribution in [-0.2, 0) is 19.4 Å². The molecule has 1 amide bonds. The van der Waals surface area contributed by atoms with Crippen LogP contribution >= 0.6 is 0 Å². The number of hydrogen-bond donors (Lipinski definition) is 2. The van der Waals surface area contributed by atoms with E-state index in [2.05, 4.69) is 5.32 Å². The van der Waals surface area contributed by atoms with Crippen molar-refractivity contribution < 1.29 is 17.9 Å². The highest BCUT2D eigenvalue weighted by Gasteiger charge is 2.32. The fourth-order valence-corrected chi connectivity index (χ4v) is 4.14. The minimum absolute atomic E-state index is 0.0455. The van der Waals surface area contributed by atoms with Crippen LogP contribution in [0.2, 0.25) is 0 Å². The van der Waals surface area contributed by atoms with Crippen LogP contribution in [0.1, 0.15) is 25.7 Å². The molecule has 3 unspecified atom stereocenters. The van der Waals surface area contributed by atoms with Crippen molar-refractivity contribution in [1.82, 2.24) is 5.32 Å². The lowest BCUT2D eigenvalue weighted by atomic mass is 10.1. The molecule has 2 fully saturated rings. The molecule has 0 aromatic heterocycles. The first kappa shape index (κ1) is 13.8. The Labute approximate surface area is 107 Å². The van der Waals surface area contributed by atoms with Gasteiger partial charge in [-0.05, 0) is 25.7 Å². The number of hydrogen-bond acceptors (Lipinski definition) is 5. The van der Waals surface area contributed by atoms with E-state index in [1.165, 1.54) is 0 Å². The van der Waals surface area contributed by atoms with Gasteiger partial charge in [-0.25, -0.2) is 8.42 Å². The third-order valence-electron chi connectivity index (χ3n) is 3.47. The SMILES string of the molecule is NCC1CCC(C(=O)NC2CCCS(=O)(=O)C2)O1. The smallest absolute Gasteiger partial charge is 0.249 e. The van der Waals surface area contributed by atoms with E-state index >= 15 is 0 Å². The second-order valence-electron chi connectivity index (χ2n) is 5.02. The van der Waals surface area contributed by atoms with E-state index < -0.39 is 15.9 Å². The molecule has 2 rings (SSSR count). The van der Waals surface area contributed by atoms with Crippen LogP contribution in [0.4, 0.5) is 0 Å². The Bertz CT molecular complexity index is 409. The quantitative estimate of drug-likeness (QED) is 0.702. The molecule has 2 saturated heterocycles. The van der Waals surface area contributed by atoms with E-state index in [1.54, 1.807) is 0 Å². The average molecular weight is 276 g/mol. The van der Waals surface area contributed by atoms with Gasteiger partial charge < -0.3 is 15.8 Å². The van der Waals surface area contributed by atoms with Crippen molar-refractivity contribution in [3.8, 4) is 0 Å². The lowest BCUT2D eigenvalue weighted by Crippen LogP contribution is -2.47. The van der Waals surface area contributed by atoms with Crippen molar-refractivity contribution in [3.05, 3.63) is 0 Å². The minimum atomic E-state index is -2.99. The first-order chi connectivity index (χ1) is 8.50. The standard InChI is InChI=1S/C11H20N2O4S/c12-6-9-3-4-10(17-9)11(14)13-8-2-1-5-18(15,16)7-8/h8-10H,1-7,12H2,(H,13,14). The van der Waals surface area contributed by atoms with Crippen molar-refractivity contribution >= 4 is 15.7 Å². The van der Waals surface area contributed by atoms with Crippen LogP contribution in [-0.4, -0.2) is 50.6 Å². The summed E-state index contributed by atoms with van der Waals surface area (Å²) >= 11 is 0. The highest BCUT2D eigenvalue weighted by Crippen LogP contribution is 2.20. The summed E-state index contributed by atoms with van der Waals surface area (Å²) in [4.78, 5) is 11.9. The zero-order chi connectivity index (χ0) is 13.2. The van der Waals surface area contributed by atoms with Crippen LogP contribution < -0.4 is 11.1 Å². The number of amides is 1. The van der Waals surface area contributed by atoms with Crippen molar-refractivity contribution in [2.75, 3.05) is 18.1 Å². The molecule has 3 N–H and O–H groups in total. The molecule has 2 aliphatic rings. The molecule has 0 aromatic rings. The lowest BCUT2D eigenvalue weighted by molar-refractivity contribution is -0.132. The fraction of sp³-hybridized carbons (Fsp3) is 0.909. The largest absolute Gasteiger partial charge is 0.364 e. The predicted octanol–water partition coefficient (Wildman–Crippen LogP) is -0.814. The van der Waals surface area contributed by atoms with Crippen LogP contribution in [0.3, 0.4) is 0 Å². The maximum absolute atomic E-state index is 11.9. The zero-order valence-corrected chi connectivity index (χ0v) is 11.1. The van der Waals surface area contributed by atoms with Crippen molar-refractivity contribution in [3.63, 3.8) is 0 Å². The number of nitrogens with two attached hydrogens (primary N) is 1. The van der Waals surface area contributed by atoms with Crippen molar-refractivity contribution in [1.29, 1.82) is 0 Å². The molecule has 0 bridgehead atoms. The summed E-state index contributed by atoms with van der Waals surface area (Å²) in [6, 6.07) is -0.267. The Morgan fingerprint density at radius 3 is 2.72 bits per heavy atom. The van der Waals surface area contributed by atoms with Gasteiger partial charge in [0.1, 0.15) is 6.10 Å². The van der Waals surface area contributed by atoms with E-state index in [-0.39, 0.29) is 29.6 Å². The molecule has 2 heterocycles. The molecule has 0 spiro atoms. The normalized spacial score (nSPS) is 35.3. The molecule has 0 aromatic carbocycles. The highest BCUT2D eigenvalue weighted by molar-refractivity contribution is 7.91. The maximum Gasteiger partial charge on any atom is 0.249 e. The van der Waals surface area contributed by atoms with E-state index in [9.17, 15) is 13.2 Å². The predicted molar refractivity (Wildman–Crippen MR) is 66.8 cm³/mol. The van der Waals surface area contributed by atoms with E-state index in [4.69, 9.17) is 10.5 Å². The van der Waals surface area contributed by atoms with E-state index in [1.807, 2.05) is 0 Å². The van der Waals surface area contributed by atoms with Gasteiger partial charge in [0.2, 0.25) is 5.91 Å². The summed E-state index contributed by atoms with van der Waals surface area (Å²) < 4.78 is 28.4. The van der Waals surface area contributed by atoms with Crippen LogP contribution in [0, 0.1) is 0 Å². The third-order valence-corrected chi connectivity index (χ3v) is 5.29. The van der Waals surface area contributed by atoms with Gasteiger partial charge in [-0.2, -0.15) is 0 Å². The number of ether oxygens (including phenoxy) is 1. The number of carbonyl (C=O) groups excluding carboxylic acids is 1. The number of carbonyl (C=O) groups is 1. The Balaban J connectivity index is 1.84. The molecule has 0 saturated carbocycles. The molecule has 2 aliphatic heterocycles. The summed E-state index contributed by atoms with van der Waals surface area (Å²) in [5.74, 6) is 0.0772. The molecular formula is C11H20N2O4S. The Morgan fingerprint density at radius 1 is 1.33 bits per heavy atom. The number of nitrogens with one attached hydrogen (secondary N) is 1. The Hall–Kier alpha value is -0.660. The molecule has 18 heavy (non-hydrogen) atoms. The van der Waals surface area contributed by atoms with Gasteiger partial charge in [-0.3, -0.25) is 4.79 Å². The van der Waals surface area contributed by atoms with Crippen LogP contribution in [0.15, 0.2) is 0 Å². The first-order valence-electron chi connectivity index (χ1n) is 6.36. The molecule has 0 radical (unpaired) electrons. The minimum Gasteiger partial charge on any atom is -0.364 e. The summed E-state index contributed by atoms with van der Waals surface area (Å²) in [5, 5.41) is 2.78. The Morgan fingerprint density at radius 2 is 2.11 bits per heavy atom.